The largest absolute Gasteiger partial charge is 0.334 e. The van der Waals surface area contributed by atoms with Crippen LogP contribution in [0.25, 0.3) is 11.1 Å². The fourth-order valence-corrected chi connectivity index (χ4v) is 12.6. The quantitative estimate of drug-likeness (QED) is 0.164. The molecule has 4 aliphatic rings. The molecular weight excluding hydrogens is 848 g/mol. The van der Waals surface area contributed by atoms with E-state index in [0.29, 0.717) is 0 Å². The maximum absolute atomic E-state index is 4.52. The van der Waals surface area contributed by atoms with Gasteiger partial charge in [0.25, 0.3) is 6.71 Å². The zero-order valence-corrected chi connectivity index (χ0v) is 44.5. The normalized spacial score (nSPS) is 19.6. The molecule has 5 heteroatoms. The Morgan fingerprint density at radius 1 is 0.457 bits per heavy atom. The Morgan fingerprint density at radius 3 is 1.67 bits per heavy atom. The highest BCUT2D eigenvalue weighted by Gasteiger charge is 2.58. The molecule has 2 unspecified atom stereocenters. The number of hydrogen-bond donors (Lipinski definition) is 0. The van der Waals surface area contributed by atoms with Crippen molar-refractivity contribution in [3.05, 3.63) is 168 Å². The molecule has 70 heavy (non-hydrogen) atoms. The van der Waals surface area contributed by atoms with Gasteiger partial charge in [-0.2, -0.15) is 0 Å². The van der Waals surface area contributed by atoms with Crippen molar-refractivity contribution >= 4 is 68.6 Å². The summed E-state index contributed by atoms with van der Waals surface area (Å²) < 4.78 is 0. The Balaban J connectivity index is 1.20. The van der Waals surface area contributed by atoms with E-state index in [1.807, 2.05) is 12.4 Å². The van der Waals surface area contributed by atoms with Gasteiger partial charge >= 0.3 is 0 Å². The maximum atomic E-state index is 4.52. The number of fused-ring (bicyclic) bond motifs is 7. The van der Waals surface area contributed by atoms with Gasteiger partial charge in [-0.15, -0.1) is 0 Å². The van der Waals surface area contributed by atoms with Crippen molar-refractivity contribution in [3.63, 3.8) is 0 Å². The molecule has 6 aromatic carbocycles. The first kappa shape index (κ1) is 46.3. The Kier molecular flexibility index (Phi) is 10.4. The van der Waals surface area contributed by atoms with E-state index in [1.165, 1.54) is 114 Å². The zero-order chi connectivity index (χ0) is 49.5. The van der Waals surface area contributed by atoms with Crippen LogP contribution in [0.1, 0.15) is 150 Å². The van der Waals surface area contributed by atoms with Crippen molar-refractivity contribution < 1.29 is 0 Å². The van der Waals surface area contributed by atoms with Gasteiger partial charge in [-0.1, -0.05) is 157 Å². The molecule has 0 saturated heterocycles. The minimum Gasteiger partial charge on any atom is -0.334 e. The highest BCUT2D eigenvalue weighted by atomic mass is 15.3. The first-order chi connectivity index (χ1) is 33.0. The van der Waals surface area contributed by atoms with Crippen molar-refractivity contribution in [1.82, 2.24) is 4.98 Å². The molecular formula is C65H73BN4. The van der Waals surface area contributed by atoms with E-state index in [-0.39, 0.29) is 39.3 Å². The van der Waals surface area contributed by atoms with E-state index < -0.39 is 0 Å². The molecule has 1 aromatic heterocycles. The van der Waals surface area contributed by atoms with E-state index >= 15 is 0 Å². The van der Waals surface area contributed by atoms with Crippen LogP contribution in [-0.4, -0.2) is 17.2 Å². The SMILES string of the molecule is CC(C)(C)c1ccc(N2c3cc(N4c5ccc(-c6cccnc6)cc5C5(C)CCCCC45C)ccc3B3c4ccc(C(C)(C)C)cc4N(c4cccc(C(C)(C)C)c4)c4cc(C(C)(C)C)cc2c43)cc1. The van der Waals surface area contributed by atoms with Gasteiger partial charge in [0.15, 0.2) is 0 Å². The average Bonchev–Trinajstić information content (AvgIpc) is 3.52. The van der Waals surface area contributed by atoms with Gasteiger partial charge in [0.2, 0.25) is 0 Å². The third-order valence-corrected chi connectivity index (χ3v) is 17.1. The van der Waals surface area contributed by atoms with E-state index in [9.17, 15) is 0 Å². The zero-order valence-electron chi connectivity index (χ0n) is 44.5. The first-order valence-corrected chi connectivity index (χ1v) is 26.1. The molecule has 0 amide bonds. The second-order valence-electron chi connectivity index (χ2n) is 25.8. The third kappa shape index (κ3) is 7.18. The minimum atomic E-state index is -0.120. The molecule has 7 aromatic rings. The lowest BCUT2D eigenvalue weighted by molar-refractivity contribution is 0.195. The maximum Gasteiger partial charge on any atom is 0.252 e. The summed E-state index contributed by atoms with van der Waals surface area (Å²) in [5, 5.41) is 0. The fraction of sp³-hybridized carbons (Fsp3) is 0.369. The minimum absolute atomic E-state index is 0.00653. The monoisotopic (exact) mass is 921 g/mol. The highest BCUT2D eigenvalue weighted by molar-refractivity contribution is 7.00. The van der Waals surface area contributed by atoms with Gasteiger partial charge in [0.05, 0.1) is 5.54 Å². The summed E-state index contributed by atoms with van der Waals surface area (Å²) in [6.45, 7) is 33.2. The standard InChI is InChI=1S/C65H73BN4/c1-60(2,3)44-23-26-48(27-24-44)68-56-40-50(70-54-31-22-42(43-19-18-34-67-41-43)35-51(54)64(13)32-15-16-33-65(64,70)14)28-30-53(56)66-52-29-25-46(62(7,8)9)37-55(52)69(49-21-17-20-45(36-49)61(4,5)6)58-39-47(63(10,11)12)38-57(68)59(58)66/h17-31,34-41H,15-16,32-33H2,1-14H3. The van der Waals surface area contributed by atoms with Crippen molar-refractivity contribution in [2.75, 3.05) is 14.7 Å². The molecule has 4 nitrogen and oxygen atoms in total. The second kappa shape index (κ2) is 15.7. The predicted octanol–water partition coefficient (Wildman–Crippen LogP) is 15.8. The van der Waals surface area contributed by atoms with Gasteiger partial charge in [-0.05, 0) is 170 Å². The molecule has 2 atom stereocenters. The molecule has 0 radical (unpaired) electrons. The van der Waals surface area contributed by atoms with Crippen molar-refractivity contribution in [3.8, 4) is 11.1 Å². The Labute approximate surface area is 420 Å². The summed E-state index contributed by atoms with van der Waals surface area (Å²) in [4.78, 5) is 12.5. The third-order valence-electron chi connectivity index (χ3n) is 17.1. The lowest BCUT2D eigenvalue weighted by atomic mass is 9.33. The van der Waals surface area contributed by atoms with Crippen molar-refractivity contribution in [2.24, 2.45) is 0 Å². The Hall–Kier alpha value is -6.07. The van der Waals surface area contributed by atoms with Crippen LogP contribution < -0.4 is 31.1 Å². The van der Waals surface area contributed by atoms with Crippen LogP contribution >= 0.6 is 0 Å². The number of pyridine rings is 1. The van der Waals surface area contributed by atoms with Crippen LogP contribution in [-0.2, 0) is 27.1 Å². The molecule has 1 saturated carbocycles. The molecule has 1 aliphatic carbocycles. The topological polar surface area (TPSA) is 22.6 Å². The fourth-order valence-electron chi connectivity index (χ4n) is 12.6. The lowest BCUT2D eigenvalue weighted by Crippen LogP contribution is -2.61. The Bertz CT molecular complexity index is 3190. The number of rotatable bonds is 4. The summed E-state index contributed by atoms with van der Waals surface area (Å²) >= 11 is 0. The highest BCUT2D eigenvalue weighted by Crippen LogP contribution is 2.62. The number of nitrogens with zero attached hydrogens (tertiary/aromatic N) is 4. The molecule has 356 valence electrons. The van der Waals surface area contributed by atoms with E-state index in [1.54, 1.807) is 0 Å². The molecule has 11 rings (SSSR count). The molecule has 0 spiro atoms. The number of anilines is 8. The predicted molar refractivity (Wildman–Crippen MR) is 301 cm³/mol. The molecule has 0 bridgehead atoms. The number of hydrogen-bond acceptors (Lipinski definition) is 4. The van der Waals surface area contributed by atoms with E-state index in [0.717, 1.165) is 12.8 Å². The Morgan fingerprint density at radius 2 is 1.03 bits per heavy atom. The molecule has 4 heterocycles. The average molecular weight is 921 g/mol. The number of benzene rings is 6. The summed E-state index contributed by atoms with van der Waals surface area (Å²) in [6, 6.07) is 50.4. The molecule has 3 aliphatic heterocycles. The number of aromatic nitrogens is 1. The van der Waals surface area contributed by atoms with Crippen LogP contribution in [0.5, 0.6) is 0 Å². The van der Waals surface area contributed by atoms with Gasteiger partial charge < -0.3 is 14.7 Å². The van der Waals surface area contributed by atoms with E-state index in [2.05, 4.69) is 244 Å². The summed E-state index contributed by atoms with van der Waals surface area (Å²) in [6.07, 6.45) is 8.64. The molecule has 1 fully saturated rings. The lowest BCUT2D eigenvalue weighted by Gasteiger charge is -2.50. The van der Waals surface area contributed by atoms with Crippen molar-refractivity contribution in [1.29, 1.82) is 0 Å². The van der Waals surface area contributed by atoms with E-state index in [4.69, 9.17) is 0 Å². The molecule has 0 N–H and O–H groups in total. The van der Waals surface area contributed by atoms with Gasteiger partial charge in [-0.25, -0.2) is 0 Å². The van der Waals surface area contributed by atoms with Gasteiger partial charge in [0.1, 0.15) is 0 Å². The smallest absolute Gasteiger partial charge is 0.252 e. The van der Waals surface area contributed by atoms with Crippen LogP contribution in [0, 0.1) is 0 Å². The van der Waals surface area contributed by atoms with Gasteiger partial charge in [-0.3, -0.25) is 4.98 Å². The van der Waals surface area contributed by atoms with Gasteiger partial charge in [0, 0.05) is 63.3 Å². The van der Waals surface area contributed by atoms with Crippen LogP contribution in [0.3, 0.4) is 0 Å². The summed E-state index contributed by atoms with van der Waals surface area (Å²) in [7, 11) is 0. The van der Waals surface area contributed by atoms with Crippen LogP contribution in [0.2, 0.25) is 0 Å². The summed E-state index contributed by atoms with van der Waals surface area (Å²) in [5.41, 5.74) is 23.0. The first-order valence-electron chi connectivity index (χ1n) is 26.1. The summed E-state index contributed by atoms with van der Waals surface area (Å²) in [5.74, 6) is 0. The second-order valence-corrected chi connectivity index (χ2v) is 25.8. The van der Waals surface area contributed by atoms with Crippen LogP contribution in [0.4, 0.5) is 45.5 Å². The van der Waals surface area contributed by atoms with Crippen molar-refractivity contribution in [2.45, 2.75) is 155 Å². The van der Waals surface area contributed by atoms with Crippen LogP contribution in [0.15, 0.2) is 140 Å².